The minimum absolute atomic E-state index is 0.140. The number of halogens is 2. The molecule has 2 nitrogen and oxygen atoms in total. The number of rotatable bonds is 3. The Morgan fingerprint density at radius 3 is 2.00 bits per heavy atom. The van der Waals surface area contributed by atoms with E-state index in [0.717, 1.165) is 0 Å². The summed E-state index contributed by atoms with van der Waals surface area (Å²) in [6.07, 6.45) is -0.259. The summed E-state index contributed by atoms with van der Waals surface area (Å²) < 4.78 is 0. The molecule has 0 unspecified atom stereocenters. The summed E-state index contributed by atoms with van der Waals surface area (Å²) in [5.41, 5.74) is 0. The van der Waals surface area contributed by atoms with Gasteiger partial charge in [-0.1, -0.05) is 0 Å². The molecule has 0 N–H and O–H groups in total. The molecule has 4 heteroatoms. The fourth-order valence-electron chi connectivity index (χ4n) is 0.202. The molecule has 0 aliphatic heterocycles. The average molecular weight is 155 g/mol. The molecule has 0 fully saturated rings. The third kappa shape index (κ3) is 4.09. The Bertz CT molecular complexity index is 111. The molecular formula is C4H4Cl2O2. The molecule has 0 heterocycles. The van der Waals surface area contributed by atoms with Crippen molar-refractivity contribution in [1.82, 2.24) is 0 Å². The van der Waals surface area contributed by atoms with E-state index in [-0.39, 0.29) is 18.1 Å². The molecule has 0 aromatic carbocycles. The Kier molecular flexibility index (Phi) is 3.83. The van der Waals surface area contributed by atoms with Crippen molar-refractivity contribution in [3.05, 3.63) is 0 Å². The maximum atomic E-state index is 10.2. The molecule has 0 aromatic rings. The van der Waals surface area contributed by atoms with Gasteiger partial charge in [-0.05, 0) is 11.6 Å². The maximum Gasteiger partial charge on any atom is 0.229 e. The second kappa shape index (κ2) is 3.87. The average Bonchev–Trinajstić information content (AvgIpc) is 1.65. The number of carbonyl (C=O) groups excluding carboxylic acids is 2. The van der Waals surface area contributed by atoms with Crippen molar-refractivity contribution in [2.75, 3.05) is 5.88 Å². The first-order valence-corrected chi connectivity index (χ1v) is 2.84. The van der Waals surface area contributed by atoms with Crippen molar-refractivity contribution in [2.45, 2.75) is 6.42 Å². The van der Waals surface area contributed by atoms with Gasteiger partial charge in [-0.15, -0.1) is 11.6 Å². The van der Waals surface area contributed by atoms with Crippen LogP contribution in [-0.4, -0.2) is 16.9 Å². The van der Waals surface area contributed by atoms with Gasteiger partial charge in [0.1, 0.15) is 0 Å². The molecule has 0 rings (SSSR count). The lowest BCUT2D eigenvalue weighted by atomic mass is 10.3. The normalized spacial score (nSPS) is 8.75. The Labute approximate surface area is 56.8 Å². The summed E-state index contributed by atoms with van der Waals surface area (Å²) in [6, 6.07) is 0. The Morgan fingerprint density at radius 2 is 1.88 bits per heavy atom. The van der Waals surface area contributed by atoms with Crippen LogP contribution in [0.15, 0.2) is 0 Å². The first-order chi connectivity index (χ1) is 3.66. The molecule has 0 aliphatic rings. The largest absolute Gasteiger partial charge is 0.298 e. The zero-order valence-corrected chi connectivity index (χ0v) is 5.50. The summed E-state index contributed by atoms with van der Waals surface area (Å²) in [7, 11) is 0. The fraction of sp³-hybridized carbons (Fsp3) is 0.500. The summed E-state index contributed by atoms with van der Waals surface area (Å²) in [4.78, 5) is 20.1. The van der Waals surface area contributed by atoms with Gasteiger partial charge in [0.15, 0.2) is 5.78 Å². The lowest BCUT2D eigenvalue weighted by Gasteiger charge is -1.84. The summed E-state index contributed by atoms with van der Waals surface area (Å²) in [5.74, 6) is -0.481. The number of Topliss-reactive ketones (excluding diaryl/α,β-unsaturated/α-hetero) is 1. The van der Waals surface area contributed by atoms with E-state index in [1.165, 1.54) is 0 Å². The highest BCUT2D eigenvalue weighted by atomic mass is 35.5. The smallest absolute Gasteiger partial charge is 0.229 e. The second-order valence-electron chi connectivity index (χ2n) is 1.20. The van der Waals surface area contributed by atoms with Crippen LogP contribution < -0.4 is 0 Å². The molecule has 0 bridgehead atoms. The van der Waals surface area contributed by atoms with E-state index < -0.39 is 5.24 Å². The van der Waals surface area contributed by atoms with E-state index in [9.17, 15) is 9.59 Å². The number of hydrogen-bond acceptors (Lipinski definition) is 2. The van der Waals surface area contributed by atoms with Crippen molar-refractivity contribution in [1.29, 1.82) is 0 Å². The number of ketones is 1. The molecule has 0 saturated carbocycles. The van der Waals surface area contributed by atoms with Gasteiger partial charge in [0, 0.05) is 0 Å². The molecule has 0 saturated heterocycles. The SMILES string of the molecule is O=C(Cl)CC(=O)CCl. The third-order valence-corrected chi connectivity index (χ3v) is 0.917. The van der Waals surface area contributed by atoms with E-state index in [4.69, 9.17) is 23.2 Å². The number of hydrogen-bond donors (Lipinski definition) is 0. The van der Waals surface area contributed by atoms with Crippen LogP contribution in [0.5, 0.6) is 0 Å². The van der Waals surface area contributed by atoms with Gasteiger partial charge in [-0.3, -0.25) is 9.59 Å². The first-order valence-electron chi connectivity index (χ1n) is 1.93. The van der Waals surface area contributed by atoms with Crippen molar-refractivity contribution in [2.24, 2.45) is 0 Å². The molecule has 0 amide bonds. The van der Waals surface area contributed by atoms with Gasteiger partial charge in [0.25, 0.3) is 0 Å². The van der Waals surface area contributed by atoms with Crippen LogP contribution in [0.25, 0.3) is 0 Å². The van der Waals surface area contributed by atoms with Crippen LogP contribution in [0.2, 0.25) is 0 Å². The topological polar surface area (TPSA) is 34.1 Å². The Morgan fingerprint density at radius 1 is 1.38 bits per heavy atom. The van der Waals surface area contributed by atoms with E-state index in [1.54, 1.807) is 0 Å². The van der Waals surface area contributed by atoms with Crippen LogP contribution in [0, 0.1) is 0 Å². The maximum absolute atomic E-state index is 10.2. The van der Waals surface area contributed by atoms with Gasteiger partial charge in [-0.25, -0.2) is 0 Å². The number of alkyl halides is 1. The van der Waals surface area contributed by atoms with E-state index in [2.05, 4.69) is 0 Å². The van der Waals surface area contributed by atoms with E-state index >= 15 is 0 Å². The third-order valence-electron chi connectivity index (χ3n) is 0.485. The molecule has 0 atom stereocenters. The minimum atomic E-state index is -0.657. The standard InChI is InChI=1S/C4H4Cl2O2/c5-2-3(7)1-4(6)8/h1-2H2. The van der Waals surface area contributed by atoms with Crippen molar-refractivity contribution in [3.63, 3.8) is 0 Å². The van der Waals surface area contributed by atoms with Crippen LogP contribution >= 0.6 is 23.2 Å². The Hall–Kier alpha value is -0.0800. The minimum Gasteiger partial charge on any atom is -0.298 e. The summed E-state index contributed by atoms with van der Waals surface area (Å²) >= 11 is 9.87. The monoisotopic (exact) mass is 154 g/mol. The molecule has 8 heavy (non-hydrogen) atoms. The lowest BCUT2D eigenvalue weighted by Crippen LogP contribution is -2.02. The highest BCUT2D eigenvalue weighted by molar-refractivity contribution is 6.65. The molecular weight excluding hydrogens is 151 g/mol. The number of carbonyl (C=O) groups is 2. The van der Waals surface area contributed by atoms with Crippen molar-refractivity contribution in [3.8, 4) is 0 Å². The van der Waals surface area contributed by atoms with E-state index in [1.807, 2.05) is 0 Å². The van der Waals surface area contributed by atoms with Crippen LogP contribution in [0.1, 0.15) is 6.42 Å². The van der Waals surface area contributed by atoms with Gasteiger partial charge < -0.3 is 0 Å². The van der Waals surface area contributed by atoms with Gasteiger partial charge in [0.05, 0.1) is 12.3 Å². The predicted molar refractivity (Wildman–Crippen MR) is 31.2 cm³/mol. The second-order valence-corrected chi connectivity index (χ2v) is 1.89. The first kappa shape index (κ1) is 7.92. The van der Waals surface area contributed by atoms with E-state index in [0.29, 0.717) is 0 Å². The summed E-state index contributed by atoms with van der Waals surface area (Å²) in [5, 5.41) is -0.657. The molecule has 46 valence electrons. The predicted octanol–water partition coefficient (Wildman–Crippen LogP) is 0.950. The molecule has 0 spiro atoms. The zero-order chi connectivity index (χ0) is 6.57. The van der Waals surface area contributed by atoms with Crippen LogP contribution in [0.3, 0.4) is 0 Å². The van der Waals surface area contributed by atoms with Crippen molar-refractivity contribution < 1.29 is 9.59 Å². The fourth-order valence-corrected chi connectivity index (χ4v) is 0.446. The molecule has 0 aliphatic carbocycles. The van der Waals surface area contributed by atoms with Crippen LogP contribution in [0.4, 0.5) is 0 Å². The Balaban J connectivity index is 3.40. The quantitative estimate of drug-likeness (QED) is 0.345. The summed E-state index contributed by atoms with van der Waals surface area (Å²) in [6.45, 7) is 0. The lowest BCUT2D eigenvalue weighted by molar-refractivity contribution is -0.121. The highest BCUT2D eigenvalue weighted by Gasteiger charge is 2.03. The van der Waals surface area contributed by atoms with Crippen LogP contribution in [-0.2, 0) is 9.59 Å². The van der Waals surface area contributed by atoms with Gasteiger partial charge >= 0.3 is 0 Å². The molecule has 0 aromatic heterocycles. The molecule has 0 radical (unpaired) electrons. The van der Waals surface area contributed by atoms with Gasteiger partial charge in [-0.2, -0.15) is 0 Å². The van der Waals surface area contributed by atoms with Crippen molar-refractivity contribution >= 4 is 34.2 Å². The van der Waals surface area contributed by atoms with Gasteiger partial charge in [0.2, 0.25) is 5.24 Å². The highest BCUT2D eigenvalue weighted by Crippen LogP contribution is 1.91. The zero-order valence-electron chi connectivity index (χ0n) is 3.99.